The van der Waals surface area contributed by atoms with Crippen LogP contribution < -0.4 is 10.6 Å². The Balaban J connectivity index is 1.53. The second kappa shape index (κ2) is 12.8. The van der Waals surface area contributed by atoms with Crippen LogP contribution in [0.4, 0.5) is 10.1 Å². The SMILES string of the molecule is O=C(Nc1ccc(C(=O)/C=C/c2ccccc2Cl)cc1)/C(=C/c1c(F)cccc1Cl)NC(=O)c1ccccc1. The average Bonchev–Trinajstić information content (AvgIpc) is 2.94. The molecular formula is C31H21Cl2FN2O3. The monoisotopic (exact) mass is 558 g/mol. The van der Waals surface area contributed by atoms with E-state index in [1.165, 1.54) is 30.4 Å². The summed E-state index contributed by atoms with van der Waals surface area (Å²) in [5, 5.41) is 5.79. The number of allylic oxidation sites excluding steroid dienone is 1. The number of halogens is 3. The van der Waals surface area contributed by atoms with Crippen LogP contribution in [0.2, 0.25) is 10.0 Å². The van der Waals surface area contributed by atoms with Gasteiger partial charge in [0.1, 0.15) is 11.5 Å². The lowest BCUT2D eigenvalue weighted by Crippen LogP contribution is -2.30. The highest BCUT2D eigenvalue weighted by atomic mass is 35.5. The number of rotatable bonds is 8. The van der Waals surface area contributed by atoms with Crippen LogP contribution in [-0.4, -0.2) is 17.6 Å². The zero-order valence-corrected chi connectivity index (χ0v) is 21.8. The van der Waals surface area contributed by atoms with Crippen LogP contribution in [-0.2, 0) is 4.79 Å². The predicted octanol–water partition coefficient (Wildman–Crippen LogP) is 7.44. The van der Waals surface area contributed by atoms with Gasteiger partial charge < -0.3 is 10.6 Å². The van der Waals surface area contributed by atoms with Crippen LogP contribution in [0.1, 0.15) is 31.8 Å². The summed E-state index contributed by atoms with van der Waals surface area (Å²) in [6.07, 6.45) is 4.21. The number of benzene rings is 4. The van der Waals surface area contributed by atoms with E-state index in [-0.39, 0.29) is 22.1 Å². The number of nitrogens with one attached hydrogen (secondary N) is 2. The number of carbonyl (C=O) groups is 3. The summed E-state index contributed by atoms with van der Waals surface area (Å²) in [6, 6.07) is 25.7. The van der Waals surface area contributed by atoms with Crippen molar-refractivity contribution in [1.82, 2.24) is 5.32 Å². The molecule has 4 rings (SSSR count). The second-order valence-electron chi connectivity index (χ2n) is 8.26. The normalized spacial score (nSPS) is 11.3. The first-order chi connectivity index (χ1) is 18.8. The van der Waals surface area contributed by atoms with E-state index in [4.69, 9.17) is 23.2 Å². The standard InChI is InChI=1S/C31H21Cl2FN2O3/c32-25-10-5-4-7-20(25)15-18-29(37)21-13-16-23(17-14-21)35-31(39)28(19-24-26(33)11-6-12-27(24)34)36-30(38)22-8-2-1-3-9-22/h1-19H,(H,35,39)(H,36,38)/b18-15+,28-19-. The first-order valence-corrected chi connectivity index (χ1v) is 12.5. The quantitative estimate of drug-likeness (QED) is 0.174. The van der Waals surface area contributed by atoms with Crippen LogP contribution >= 0.6 is 23.2 Å². The number of hydrogen-bond acceptors (Lipinski definition) is 3. The van der Waals surface area contributed by atoms with Crippen LogP contribution in [0.5, 0.6) is 0 Å². The number of anilines is 1. The third kappa shape index (κ3) is 7.29. The van der Waals surface area contributed by atoms with Gasteiger partial charge in [-0.2, -0.15) is 0 Å². The molecule has 0 saturated carbocycles. The van der Waals surface area contributed by atoms with Crippen LogP contribution in [0.15, 0.2) is 109 Å². The minimum atomic E-state index is -0.712. The summed E-state index contributed by atoms with van der Waals surface area (Å²) in [5.74, 6) is -2.18. The van der Waals surface area contributed by atoms with E-state index in [0.29, 0.717) is 27.4 Å². The minimum absolute atomic E-state index is 0.0519. The zero-order valence-electron chi connectivity index (χ0n) is 20.3. The molecular weight excluding hydrogens is 538 g/mol. The van der Waals surface area contributed by atoms with Gasteiger partial charge in [0.2, 0.25) is 0 Å². The van der Waals surface area contributed by atoms with Crippen molar-refractivity contribution in [3.8, 4) is 0 Å². The predicted molar refractivity (Wildman–Crippen MR) is 153 cm³/mol. The van der Waals surface area contributed by atoms with Gasteiger partial charge in [0.05, 0.1) is 5.02 Å². The largest absolute Gasteiger partial charge is 0.321 e. The zero-order chi connectivity index (χ0) is 27.8. The lowest BCUT2D eigenvalue weighted by atomic mass is 10.1. The van der Waals surface area contributed by atoms with Gasteiger partial charge in [-0.05, 0) is 78.4 Å². The summed E-state index contributed by atoms with van der Waals surface area (Å²) in [6.45, 7) is 0. The lowest BCUT2D eigenvalue weighted by Gasteiger charge is -2.12. The molecule has 0 radical (unpaired) electrons. The Kier molecular flexibility index (Phi) is 9.05. The Hall–Kier alpha value is -4.52. The molecule has 0 spiro atoms. The Bertz CT molecular complexity index is 1560. The molecule has 0 heterocycles. The topological polar surface area (TPSA) is 75.3 Å². The van der Waals surface area contributed by atoms with Crippen molar-refractivity contribution in [3.63, 3.8) is 0 Å². The number of carbonyl (C=O) groups excluding carboxylic acids is 3. The number of hydrogen-bond donors (Lipinski definition) is 2. The van der Waals surface area contributed by atoms with Gasteiger partial charge in [0.15, 0.2) is 5.78 Å². The van der Waals surface area contributed by atoms with Crippen molar-refractivity contribution < 1.29 is 18.8 Å². The third-order valence-electron chi connectivity index (χ3n) is 5.56. The van der Waals surface area contributed by atoms with Gasteiger partial charge in [-0.15, -0.1) is 0 Å². The molecule has 4 aromatic rings. The van der Waals surface area contributed by atoms with E-state index in [1.54, 1.807) is 78.9 Å². The summed E-state index contributed by atoms with van der Waals surface area (Å²) in [7, 11) is 0. The molecule has 5 nitrogen and oxygen atoms in total. The molecule has 0 saturated heterocycles. The van der Waals surface area contributed by atoms with Crippen molar-refractivity contribution in [2.45, 2.75) is 0 Å². The average molecular weight is 559 g/mol. The van der Waals surface area contributed by atoms with Crippen molar-refractivity contribution in [3.05, 3.63) is 147 Å². The van der Waals surface area contributed by atoms with Crippen LogP contribution in [0, 0.1) is 5.82 Å². The first kappa shape index (κ1) is 27.5. The van der Waals surface area contributed by atoms with Crippen LogP contribution in [0.25, 0.3) is 12.2 Å². The van der Waals surface area contributed by atoms with E-state index >= 15 is 0 Å². The van der Waals surface area contributed by atoms with Gasteiger partial charge in [-0.3, -0.25) is 14.4 Å². The molecule has 0 fully saturated rings. The lowest BCUT2D eigenvalue weighted by molar-refractivity contribution is -0.113. The van der Waals surface area contributed by atoms with E-state index in [9.17, 15) is 18.8 Å². The second-order valence-corrected chi connectivity index (χ2v) is 9.08. The number of ketones is 1. The fraction of sp³-hybridized carbons (Fsp3) is 0. The van der Waals surface area contributed by atoms with Gasteiger partial charge >= 0.3 is 0 Å². The van der Waals surface area contributed by atoms with Gasteiger partial charge in [0.25, 0.3) is 11.8 Å². The highest BCUT2D eigenvalue weighted by molar-refractivity contribution is 6.32. The summed E-state index contributed by atoms with van der Waals surface area (Å²) < 4.78 is 14.5. The van der Waals surface area contributed by atoms with E-state index in [1.807, 2.05) is 6.07 Å². The molecule has 2 N–H and O–H groups in total. The molecule has 0 bridgehead atoms. The van der Waals surface area contributed by atoms with Gasteiger partial charge in [-0.25, -0.2) is 4.39 Å². The molecule has 0 unspecified atom stereocenters. The number of amides is 2. The molecule has 4 aromatic carbocycles. The maximum Gasteiger partial charge on any atom is 0.272 e. The molecule has 0 aliphatic rings. The molecule has 0 aromatic heterocycles. The highest BCUT2D eigenvalue weighted by Crippen LogP contribution is 2.22. The van der Waals surface area contributed by atoms with Gasteiger partial charge in [0, 0.05) is 27.4 Å². The minimum Gasteiger partial charge on any atom is -0.321 e. The fourth-order valence-corrected chi connectivity index (χ4v) is 3.94. The molecule has 2 amide bonds. The van der Waals surface area contributed by atoms with Gasteiger partial charge in [-0.1, -0.05) is 65.7 Å². The Morgan fingerprint density at radius 1 is 0.718 bits per heavy atom. The molecule has 0 aliphatic carbocycles. The Labute approximate surface area is 234 Å². The van der Waals surface area contributed by atoms with Crippen molar-refractivity contribution in [2.24, 2.45) is 0 Å². The maximum absolute atomic E-state index is 14.5. The van der Waals surface area contributed by atoms with Crippen LogP contribution in [0.3, 0.4) is 0 Å². The Morgan fingerprint density at radius 3 is 2.08 bits per heavy atom. The molecule has 194 valence electrons. The molecule has 0 aliphatic heterocycles. The van der Waals surface area contributed by atoms with Crippen molar-refractivity contribution >= 4 is 58.6 Å². The Morgan fingerprint density at radius 2 is 1.38 bits per heavy atom. The summed E-state index contributed by atoms with van der Waals surface area (Å²) >= 11 is 12.3. The molecule has 0 atom stereocenters. The molecule has 39 heavy (non-hydrogen) atoms. The fourth-order valence-electron chi connectivity index (χ4n) is 3.52. The molecule has 8 heteroatoms. The van der Waals surface area contributed by atoms with E-state index in [2.05, 4.69) is 10.6 Å². The van der Waals surface area contributed by atoms with Crippen molar-refractivity contribution in [1.29, 1.82) is 0 Å². The van der Waals surface area contributed by atoms with E-state index < -0.39 is 17.6 Å². The first-order valence-electron chi connectivity index (χ1n) is 11.7. The van der Waals surface area contributed by atoms with E-state index in [0.717, 1.165) is 0 Å². The highest BCUT2D eigenvalue weighted by Gasteiger charge is 2.17. The maximum atomic E-state index is 14.5. The summed E-state index contributed by atoms with van der Waals surface area (Å²) in [4.78, 5) is 38.5. The van der Waals surface area contributed by atoms with Crippen molar-refractivity contribution in [2.75, 3.05) is 5.32 Å². The third-order valence-corrected chi connectivity index (χ3v) is 6.24. The summed E-state index contributed by atoms with van der Waals surface area (Å²) in [5.41, 5.74) is 1.49. The smallest absolute Gasteiger partial charge is 0.272 e.